The highest BCUT2D eigenvalue weighted by Gasteiger charge is 2.37. The number of amides is 4. The number of aryl methyl sites for hydroxylation is 2. The van der Waals surface area contributed by atoms with Gasteiger partial charge in [-0.2, -0.15) is 0 Å². The topological polar surface area (TPSA) is 71.4 Å². The Labute approximate surface area is 201 Å². The summed E-state index contributed by atoms with van der Waals surface area (Å²) in [6.07, 6.45) is 3.40. The lowest BCUT2D eigenvalue weighted by atomic mass is 10.0. The van der Waals surface area contributed by atoms with Gasteiger partial charge >= 0.3 is 6.03 Å². The molecule has 35 heavy (non-hydrogen) atoms. The number of halogens is 1. The van der Waals surface area contributed by atoms with Crippen molar-refractivity contribution in [2.24, 2.45) is 0 Å². The number of hydrogen-bond acceptors (Lipinski definition) is 3. The van der Waals surface area contributed by atoms with E-state index in [4.69, 9.17) is 0 Å². The summed E-state index contributed by atoms with van der Waals surface area (Å²) in [5.41, 5.74) is 4.51. The fraction of sp³-hybridized carbons (Fsp3) is 0.107. The van der Waals surface area contributed by atoms with E-state index < -0.39 is 17.8 Å². The van der Waals surface area contributed by atoms with Crippen molar-refractivity contribution in [3.05, 3.63) is 107 Å². The number of aromatic nitrogens is 1. The maximum absolute atomic E-state index is 13.5. The van der Waals surface area contributed by atoms with Gasteiger partial charge in [-0.25, -0.2) is 14.1 Å². The molecule has 4 amide bonds. The molecule has 1 aromatic heterocycles. The minimum absolute atomic E-state index is 0.123. The maximum Gasteiger partial charge on any atom is 0.335 e. The number of benzene rings is 3. The van der Waals surface area contributed by atoms with Gasteiger partial charge in [0.1, 0.15) is 11.4 Å². The van der Waals surface area contributed by atoms with Gasteiger partial charge in [0.25, 0.3) is 11.8 Å². The average Bonchev–Trinajstić information content (AvgIpc) is 3.18. The van der Waals surface area contributed by atoms with Crippen LogP contribution < -0.4 is 10.2 Å². The van der Waals surface area contributed by atoms with E-state index in [9.17, 15) is 18.8 Å². The fourth-order valence-electron chi connectivity index (χ4n) is 4.42. The van der Waals surface area contributed by atoms with Crippen molar-refractivity contribution in [2.75, 3.05) is 4.90 Å². The molecule has 1 aliphatic rings. The van der Waals surface area contributed by atoms with Crippen LogP contribution in [-0.2, 0) is 16.1 Å². The first-order chi connectivity index (χ1) is 16.8. The first-order valence-electron chi connectivity index (χ1n) is 11.1. The molecule has 6 nitrogen and oxygen atoms in total. The zero-order chi connectivity index (χ0) is 24.7. The molecule has 1 N–H and O–H groups in total. The molecular weight excluding hydrogens is 445 g/mol. The summed E-state index contributed by atoms with van der Waals surface area (Å²) in [4.78, 5) is 39.3. The van der Waals surface area contributed by atoms with Gasteiger partial charge in [0.15, 0.2) is 0 Å². The number of imide groups is 2. The number of hydrogen-bond donors (Lipinski definition) is 1. The van der Waals surface area contributed by atoms with Crippen LogP contribution in [0.15, 0.2) is 78.5 Å². The van der Waals surface area contributed by atoms with Gasteiger partial charge in [0.05, 0.1) is 5.69 Å². The molecule has 0 bridgehead atoms. The van der Waals surface area contributed by atoms with Crippen LogP contribution in [0, 0.1) is 19.7 Å². The monoisotopic (exact) mass is 467 g/mol. The van der Waals surface area contributed by atoms with Crippen LogP contribution in [0.5, 0.6) is 0 Å². The summed E-state index contributed by atoms with van der Waals surface area (Å²) in [7, 11) is 0. The Kier molecular flexibility index (Phi) is 5.53. The van der Waals surface area contributed by atoms with Crippen LogP contribution >= 0.6 is 0 Å². The second kappa shape index (κ2) is 8.68. The lowest BCUT2D eigenvalue weighted by Gasteiger charge is -2.27. The number of nitrogens with one attached hydrogen (secondary N) is 1. The highest BCUT2D eigenvalue weighted by molar-refractivity contribution is 6.39. The van der Waals surface area contributed by atoms with Gasteiger partial charge in [0, 0.05) is 23.6 Å². The summed E-state index contributed by atoms with van der Waals surface area (Å²) < 4.78 is 15.5. The number of fused-ring (bicyclic) bond motifs is 1. The number of carbonyl (C=O) groups is 3. The lowest BCUT2D eigenvalue weighted by Crippen LogP contribution is -2.54. The molecule has 7 heteroatoms. The van der Waals surface area contributed by atoms with E-state index in [1.807, 2.05) is 54.9 Å². The van der Waals surface area contributed by atoms with E-state index in [1.54, 1.807) is 24.3 Å². The maximum atomic E-state index is 13.5. The molecule has 1 saturated heterocycles. The lowest BCUT2D eigenvalue weighted by molar-refractivity contribution is -0.122. The Hall–Kier alpha value is -4.52. The largest absolute Gasteiger partial charge is 0.343 e. The van der Waals surface area contributed by atoms with Gasteiger partial charge in [-0.15, -0.1) is 0 Å². The van der Waals surface area contributed by atoms with Gasteiger partial charge in [-0.1, -0.05) is 24.3 Å². The molecule has 174 valence electrons. The number of barbiturate groups is 1. The predicted octanol–water partition coefficient (Wildman–Crippen LogP) is 5.11. The Bertz CT molecular complexity index is 1530. The molecule has 1 aliphatic heterocycles. The van der Waals surface area contributed by atoms with E-state index in [2.05, 4.69) is 5.32 Å². The van der Waals surface area contributed by atoms with Crippen molar-refractivity contribution in [3.63, 3.8) is 0 Å². The molecule has 2 heterocycles. The third-order valence-electron chi connectivity index (χ3n) is 5.91. The normalized spacial score (nSPS) is 15.2. The quantitative estimate of drug-likeness (QED) is 0.335. The molecule has 0 saturated carbocycles. The molecule has 0 aliphatic carbocycles. The average molecular weight is 468 g/mol. The van der Waals surface area contributed by atoms with Crippen molar-refractivity contribution in [2.45, 2.75) is 20.4 Å². The molecule has 0 unspecified atom stereocenters. The van der Waals surface area contributed by atoms with Gasteiger partial charge in [-0.3, -0.25) is 14.9 Å². The van der Waals surface area contributed by atoms with Crippen molar-refractivity contribution in [1.29, 1.82) is 0 Å². The Balaban J connectivity index is 1.47. The predicted molar refractivity (Wildman–Crippen MR) is 132 cm³/mol. The minimum Gasteiger partial charge on any atom is -0.343 e. The molecule has 0 radical (unpaired) electrons. The van der Waals surface area contributed by atoms with Crippen LogP contribution in [0.25, 0.3) is 17.0 Å². The number of rotatable bonds is 4. The zero-order valence-corrected chi connectivity index (χ0v) is 19.2. The van der Waals surface area contributed by atoms with Crippen molar-refractivity contribution in [1.82, 2.24) is 9.88 Å². The smallest absolute Gasteiger partial charge is 0.335 e. The molecule has 5 rings (SSSR count). The third-order valence-corrected chi connectivity index (χ3v) is 5.91. The molecule has 4 aromatic rings. The van der Waals surface area contributed by atoms with Crippen LogP contribution in [0.4, 0.5) is 14.9 Å². The van der Waals surface area contributed by atoms with Crippen molar-refractivity contribution in [3.8, 4) is 0 Å². The SMILES string of the molecule is Cc1cc(C)cc(N2C(=O)NC(=O)/C(=C/c3ccc4c(ccn4Cc4cccc(F)c4)c3)C2=O)c1. The van der Waals surface area contributed by atoms with Crippen LogP contribution in [0.3, 0.4) is 0 Å². The highest BCUT2D eigenvalue weighted by atomic mass is 19.1. The first-order valence-corrected chi connectivity index (χ1v) is 11.1. The Morgan fingerprint density at radius 3 is 2.43 bits per heavy atom. The molecule has 0 atom stereocenters. The standard InChI is InChI=1S/C28H22FN3O3/c1-17-10-18(2)12-23(11-17)32-27(34)24(26(33)30-28(32)35)15-19-6-7-25-21(13-19)8-9-31(25)16-20-4-3-5-22(29)14-20/h3-15H,16H2,1-2H3,(H,30,33,35)/b24-15-. The third kappa shape index (κ3) is 4.36. The molecular formula is C28H22FN3O3. The van der Waals surface area contributed by atoms with Crippen LogP contribution in [-0.4, -0.2) is 22.4 Å². The van der Waals surface area contributed by atoms with E-state index in [1.165, 1.54) is 18.2 Å². The van der Waals surface area contributed by atoms with E-state index in [-0.39, 0.29) is 11.4 Å². The Morgan fingerprint density at radius 1 is 0.914 bits per heavy atom. The van der Waals surface area contributed by atoms with Crippen LogP contribution in [0.1, 0.15) is 22.3 Å². The number of anilines is 1. The summed E-state index contributed by atoms with van der Waals surface area (Å²) in [6, 6.07) is 18.6. The van der Waals surface area contributed by atoms with E-state index in [0.29, 0.717) is 17.8 Å². The van der Waals surface area contributed by atoms with E-state index >= 15 is 0 Å². The summed E-state index contributed by atoms with van der Waals surface area (Å²) in [6.45, 7) is 4.26. The molecule has 0 spiro atoms. The number of urea groups is 1. The van der Waals surface area contributed by atoms with Gasteiger partial charge < -0.3 is 4.57 Å². The summed E-state index contributed by atoms with van der Waals surface area (Å²) in [5.74, 6) is -1.69. The van der Waals surface area contributed by atoms with Gasteiger partial charge in [-0.05, 0) is 84.6 Å². The summed E-state index contributed by atoms with van der Waals surface area (Å²) in [5, 5.41) is 3.17. The summed E-state index contributed by atoms with van der Waals surface area (Å²) >= 11 is 0. The molecule has 3 aromatic carbocycles. The minimum atomic E-state index is -0.771. The Morgan fingerprint density at radius 2 is 1.69 bits per heavy atom. The second-order valence-corrected chi connectivity index (χ2v) is 8.70. The number of nitrogens with zero attached hydrogens (tertiary/aromatic N) is 2. The molecule has 1 fully saturated rings. The fourth-order valence-corrected chi connectivity index (χ4v) is 4.42. The first kappa shape index (κ1) is 22.3. The highest BCUT2D eigenvalue weighted by Crippen LogP contribution is 2.26. The number of carbonyl (C=O) groups excluding carboxylic acids is 3. The van der Waals surface area contributed by atoms with Crippen molar-refractivity contribution >= 4 is 40.5 Å². The second-order valence-electron chi connectivity index (χ2n) is 8.70. The van der Waals surface area contributed by atoms with Crippen LogP contribution in [0.2, 0.25) is 0 Å². The van der Waals surface area contributed by atoms with Crippen molar-refractivity contribution < 1.29 is 18.8 Å². The van der Waals surface area contributed by atoms with E-state index in [0.717, 1.165) is 32.5 Å². The van der Waals surface area contributed by atoms with Gasteiger partial charge in [0.2, 0.25) is 0 Å². The zero-order valence-electron chi connectivity index (χ0n) is 19.2.